The van der Waals surface area contributed by atoms with Gasteiger partial charge >= 0.3 is 0 Å². The summed E-state index contributed by atoms with van der Waals surface area (Å²) in [6.07, 6.45) is 4.50. The van der Waals surface area contributed by atoms with E-state index in [-0.39, 0.29) is 0 Å². The molecule has 1 atom stereocenters. The van der Waals surface area contributed by atoms with Gasteiger partial charge in [0.25, 0.3) is 0 Å². The monoisotopic (exact) mass is 281 g/mol. The normalized spacial score (nSPS) is 19.2. The summed E-state index contributed by atoms with van der Waals surface area (Å²) in [6.45, 7) is 2.17. The first-order chi connectivity index (χ1) is 9.13. The first kappa shape index (κ1) is 14.4. The van der Waals surface area contributed by atoms with Crippen molar-refractivity contribution in [1.29, 1.82) is 0 Å². The molecule has 1 fully saturated rings. The van der Waals surface area contributed by atoms with Crippen LogP contribution in [0.2, 0.25) is 0 Å². The van der Waals surface area contributed by atoms with Crippen LogP contribution in [0.4, 0.5) is 11.6 Å². The summed E-state index contributed by atoms with van der Waals surface area (Å²) in [7, 11) is 6.16. The van der Waals surface area contributed by atoms with Crippen LogP contribution in [0.3, 0.4) is 0 Å². The lowest BCUT2D eigenvalue weighted by Crippen LogP contribution is -2.38. The van der Waals surface area contributed by atoms with E-state index < -0.39 is 0 Å². The van der Waals surface area contributed by atoms with Crippen LogP contribution in [0.25, 0.3) is 0 Å². The molecule has 19 heavy (non-hydrogen) atoms. The third-order valence-electron chi connectivity index (χ3n) is 3.38. The van der Waals surface area contributed by atoms with Crippen LogP contribution in [0.5, 0.6) is 0 Å². The van der Waals surface area contributed by atoms with Gasteiger partial charge in [-0.1, -0.05) is 11.8 Å². The van der Waals surface area contributed by atoms with Crippen LogP contribution >= 0.6 is 11.8 Å². The van der Waals surface area contributed by atoms with Crippen LogP contribution in [-0.2, 0) is 0 Å². The molecule has 0 aliphatic carbocycles. The van der Waals surface area contributed by atoms with Gasteiger partial charge in [0.2, 0.25) is 0 Å². The number of aromatic nitrogens is 2. The fourth-order valence-corrected chi connectivity index (χ4v) is 2.90. The predicted octanol–water partition coefficient (Wildman–Crippen LogP) is 1.77. The Balaban J connectivity index is 2.24. The Hall–Kier alpha value is -1.01. The lowest BCUT2D eigenvalue weighted by molar-refractivity contribution is 0.371. The van der Waals surface area contributed by atoms with E-state index >= 15 is 0 Å². The molecule has 1 aliphatic rings. The molecule has 1 saturated heterocycles. The van der Waals surface area contributed by atoms with Crippen molar-refractivity contribution < 1.29 is 0 Å². The molecule has 106 valence electrons. The molecule has 1 N–H and O–H groups in total. The van der Waals surface area contributed by atoms with Gasteiger partial charge in [-0.3, -0.25) is 0 Å². The predicted molar refractivity (Wildman–Crippen MR) is 82.3 cm³/mol. The maximum Gasteiger partial charge on any atom is 0.191 e. The van der Waals surface area contributed by atoms with Gasteiger partial charge in [-0.15, -0.1) is 0 Å². The molecule has 5 nitrogen and oxygen atoms in total. The quantitative estimate of drug-likeness (QED) is 0.655. The highest BCUT2D eigenvalue weighted by Gasteiger charge is 2.26. The van der Waals surface area contributed by atoms with E-state index in [2.05, 4.69) is 39.2 Å². The molecule has 1 unspecified atom stereocenters. The third-order valence-corrected chi connectivity index (χ3v) is 3.93. The fourth-order valence-electron chi connectivity index (χ4n) is 2.53. The number of thioether (sulfide) groups is 1. The Kier molecular flexibility index (Phi) is 4.87. The average molecular weight is 281 g/mol. The van der Waals surface area contributed by atoms with Gasteiger partial charge < -0.3 is 15.1 Å². The minimum atomic E-state index is 0.560. The Morgan fingerprint density at radius 2 is 2.26 bits per heavy atom. The van der Waals surface area contributed by atoms with Gasteiger partial charge in [-0.05, 0) is 33.2 Å². The summed E-state index contributed by atoms with van der Waals surface area (Å²) in [5.74, 6) is 1.94. The molecule has 2 rings (SSSR count). The van der Waals surface area contributed by atoms with Crippen LogP contribution in [0.1, 0.15) is 12.8 Å². The Labute approximate surface area is 119 Å². The maximum absolute atomic E-state index is 4.66. The number of likely N-dealkylation sites (N-methyl/N-ethyl adjacent to an activating group) is 1. The van der Waals surface area contributed by atoms with Crippen molar-refractivity contribution in [3.8, 4) is 0 Å². The van der Waals surface area contributed by atoms with E-state index in [0.29, 0.717) is 6.04 Å². The summed E-state index contributed by atoms with van der Waals surface area (Å²) >= 11 is 1.59. The zero-order chi connectivity index (χ0) is 13.8. The molecule has 0 aromatic carbocycles. The minimum Gasteiger partial charge on any atom is -0.373 e. The van der Waals surface area contributed by atoms with E-state index in [1.807, 2.05) is 19.4 Å². The van der Waals surface area contributed by atoms with Gasteiger partial charge in [0, 0.05) is 32.2 Å². The number of anilines is 2. The van der Waals surface area contributed by atoms with E-state index in [4.69, 9.17) is 0 Å². The smallest absolute Gasteiger partial charge is 0.191 e. The third kappa shape index (κ3) is 3.51. The van der Waals surface area contributed by atoms with Crippen LogP contribution in [0, 0.1) is 0 Å². The lowest BCUT2D eigenvalue weighted by atomic mass is 10.2. The second-order valence-electron chi connectivity index (χ2n) is 5.10. The van der Waals surface area contributed by atoms with Crippen molar-refractivity contribution in [2.45, 2.75) is 24.0 Å². The summed E-state index contributed by atoms with van der Waals surface area (Å²) < 4.78 is 0. The Bertz CT molecular complexity index is 401. The topological polar surface area (TPSA) is 44.3 Å². The molecule has 2 heterocycles. The highest BCUT2D eigenvalue weighted by molar-refractivity contribution is 7.98. The zero-order valence-electron chi connectivity index (χ0n) is 12.2. The first-order valence-electron chi connectivity index (χ1n) is 6.66. The van der Waals surface area contributed by atoms with Crippen molar-refractivity contribution in [3.05, 3.63) is 6.07 Å². The summed E-state index contributed by atoms with van der Waals surface area (Å²) in [6, 6.07) is 2.61. The maximum atomic E-state index is 4.66. The van der Waals surface area contributed by atoms with E-state index in [9.17, 15) is 0 Å². The molecule has 0 saturated carbocycles. The number of nitrogens with one attached hydrogen (secondary N) is 1. The van der Waals surface area contributed by atoms with Crippen molar-refractivity contribution in [1.82, 2.24) is 14.9 Å². The molecule has 6 heteroatoms. The number of rotatable bonds is 5. The van der Waals surface area contributed by atoms with Gasteiger partial charge in [-0.2, -0.15) is 0 Å². The second kappa shape index (κ2) is 6.43. The lowest BCUT2D eigenvalue weighted by Gasteiger charge is -2.28. The van der Waals surface area contributed by atoms with Crippen LogP contribution in [-0.4, -0.2) is 61.4 Å². The second-order valence-corrected chi connectivity index (χ2v) is 5.87. The largest absolute Gasteiger partial charge is 0.373 e. The first-order valence-corrected chi connectivity index (χ1v) is 7.88. The molecule has 1 aromatic rings. The van der Waals surface area contributed by atoms with Crippen molar-refractivity contribution in [2.75, 3.05) is 50.7 Å². The fraction of sp³-hybridized carbons (Fsp3) is 0.692. The molecular formula is C13H23N5S. The van der Waals surface area contributed by atoms with Gasteiger partial charge in [0.1, 0.15) is 11.6 Å². The van der Waals surface area contributed by atoms with Crippen molar-refractivity contribution in [2.24, 2.45) is 0 Å². The van der Waals surface area contributed by atoms with Crippen molar-refractivity contribution >= 4 is 23.4 Å². The molecule has 0 bridgehead atoms. The molecular weight excluding hydrogens is 258 g/mol. The highest BCUT2D eigenvalue weighted by atomic mass is 32.2. The van der Waals surface area contributed by atoms with Crippen molar-refractivity contribution in [3.63, 3.8) is 0 Å². The highest BCUT2D eigenvalue weighted by Crippen LogP contribution is 2.27. The standard InChI is InChI=1S/C13H23N5S/c1-14-11-8-12(16-13(15-11)19-4)18-7-5-6-10(18)9-17(2)3/h8,10H,5-7,9H2,1-4H3,(H,14,15,16). The van der Waals surface area contributed by atoms with E-state index in [1.165, 1.54) is 12.8 Å². The average Bonchev–Trinajstić information content (AvgIpc) is 2.85. The number of hydrogen-bond donors (Lipinski definition) is 1. The molecule has 1 aromatic heterocycles. The number of hydrogen-bond acceptors (Lipinski definition) is 6. The summed E-state index contributed by atoms with van der Waals surface area (Å²) in [4.78, 5) is 13.8. The molecule has 0 spiro atoms. The molecule has 0 radical (unpaired) electrons. The molecule has 0 amide bonds. The van der Waals surface area contributed by atoms with E-state index in [1.54, 1.807) is 11.8 Å². The molecule has 1 aliphatic heterocycles. The van der Waals surface area contributed by atoms with Crippen LogP contribution in [0.15, 0.2) is 11.2 Å². The Morgan fingerprint density at radius 3 is 2.89 bits per heavy atom. The SMILES string of the molecule is CNc1cc(N2CCCC2CN(C)C)nc(SC)n1. The number of nitrogens with zero attached hydrogens (tertiary/aromatic N) is 4. The van der Waals surface area contributed by atoms with Crippen LogP contribution < -0.4 is 10.2 Å². The van der Waals surface area contributed by atoms with Gasteiger partial charge in [0.05, 0.1) is 0 Å². The zero-order valence-corrected chi connectivity index (χ0v) is 13.0. The van der Waals surface area contributed by atoms with Gasteiger partial charge in [-0.25, -0.2) is 9.97 Å². The summed E-state index contributed by atoms with van der Waals surface area (Å²) in [5.41, 5.74) is 0. The minimum absolute atomic E-state index is 0.560. The van der Waals surface area contributed by atoms with E-state index in [0.717, 1.165) is 29.9 Å². The van der Waals surface area contributed by atoms with Gasteiger partial charge in [0.15, 0.2) is 5.16 Å². The Morgan fingerprint density at radius 1 is 1.47 bits per heavy atom. The summed E-state index contributed by atoms with van der Waals surface area (Å²) in [5, 5.41) is 3.95.